The predicted octanol–water partition coefficient (Wildman–Crippen LogP) is 3.66. The minimum atomic E-state index is -1.17. The lowest BCUT2D eigenvalue weighted by Crippen LogP contribution is -2.58. The number of anilines is 1. The quantitative estimate of drug-likeness (QED) is 0.388. The summed E-state index contributed by atoms with van der Waals surface area (Å²) in [5.74, 6) is -2.48. The standard InChI is InChI=1S/C17H11BrIN3O3/c18-10-1-7-13(8-2-10)22-16(24)14(15(23)21-17(22)25)9-20-12-5-3-11(19)4-6-12/h1-9,14H,(H,21,23,25)/t14-/m0/s1. The van der Waals surface area contributed by atoms with Crippen molar-refractivity contribution in [3.05, 3.63) is 56.6 Å². The first-order valence-corrected chi connectivity index (χ1v) is 9.07. The van der Waals surface area contributed by atoms with Crippen LogP contribution in [0.15, 0.2) is 58.0 Å². The topological polar surface area (TPSA) is 78.8 Å². The van der Waals surface area contributed by atoms with Crippen LogP contribution in [0.5, 0.6) is 0 Å². The van der Waals surface area contributed by atoms with Crippen LogP contribution in [0.4, 0.5) is 16.2 Å². The molecule has 0 spiro atoms. The van der Waals surface area contributed by atoms with Gasteiger partial charge in [0, 0.05) is 14.3 Å². The maximum Gasteiger partial charge on any atom is 0.335 e. The number of nitrogens with zero attached hydrogens (tertiary/aromatic N) is 2. The van der Waals surface area contributed by atoms with Crippen LogP contribution in [0.3, 0.4) is 0 Å². The molecule has 0 aromatic heterocycles. The smallest absolute Gasteiger partial charge is 0.276 e. The van der Waals surface area contributed by atoms with Gasteiger partial charge >= 0.3 is 6.03 Å². The minimum Gasteiger partial charge on any atom is -0.276 e. The molecule has 1 aliphatic heterocycles. The first-order chi connectivity index (χ1) is 12.0. The van der Waals surface area contributed by atoms with Crippen LogP contribution in [-0.4, -0.2) is 24.1 Å². The second-order valence-corrected chi connectivity index (χ2v) is 7.34. The van der Waals surface area contributed by atoms with E-state index in [0.717, 1.165) is 12.9 Å². The molecule has 4 amide bonds. The maximum absolute atomic E-state index is 12.6. The summed E-state index contributed by atoms with van der Waals surface area (Å²) in [6, 6.07) is 13.2. The molecule has 0 bridgehead atoms. The number of carbonyl (C=O) groups excluding carboxylic acids is 3. The molecular formula is C17H11BrIN3O3. The molecule has 1 N–H and O–H groups in total. The summed E-state index contributed by atoms with van der Waals surface area (Å²) < 4.78 is 1.86. The van der Waals surface area contributed by atoms with Crippen LogP contribution < -0.4 is 10.2 Å². The van der Waals surface area contributed by atoms with Gasteiger partial charge in [-0.05, 0) is 71.1 Å². The number of nitrogens with one attached hydrogen (secondary N) is 1. The molecule has 0 radical (unpaired) electrons. The first kappa shape index (κ1) is 17.7. The number of rotatable bonds is 3. The lowest BCUT2D eigenvalue weighted by molar-refractivity contribution is -0.131. The summed E-state index contributed by atoms with van der Waals surface area (Å²) in [7, 11) is 0. The number of amides is 4. The molecule has 3 rings (SSSR count). The Kier molecular flexibility index (Phi) is 5.28. The largest absolute Gasteiger partial charge is 0.335 e. The number of hydrogen-bond donors (Lipinski definition) is 1. The minimum absolute atomic E-state index is 0.380. The number of imide groups is 2. The van der Waals surface area contributed by atoms with Gasteiger partial charge in [0.1, 0.15) is 0 Å². The van der Waals surface area contributed by atoms with Gasteiger partial charge in [-0.15, -0.1) is 0 Å². The summed E-state index contributed by atoms with van der Waals surface area (Å²) in [6.45, 7) is 0. The lowest BCUT2D eigenvalue weighted by Gasteiger charge is -2.28. The van der Waals surface area contributed by atoms with Crippen LogP contribution in [0.1, 0.15) is 0 Å². The molecule has 0 saturated carbocycles. The molecule has 1 aliphatic rings. The van der Waals surface area contributed by atoms with Crippen molar-refractivity contribution in [3.63, 3.8) is 0 Å². The van der Waals surface area contributed by atoms with E-state index in [4.69, 9.17) is 0 Å². The Labute approximate surface area is 165 Å². The number of halogens is 2. The van der Waals surface area contributed by atoms with E-state index in [2.05, 4.69) is 48.8 Å². The predicted molar refractivity (Wildman–Crippen MR) is 106 cm³/mol. The highest BCUT2D eigenvalue weighted by atomic mass is 127. The van der Waals surface area contributed by atoms with Gasteiger partial charge in [-0.1, -0.05) is 15.9 Å². The van der Waals surface area contributed by atoms with Crippen LogP contribution in [0.25, 0.3) is 0 Å². The van der Waals surface area contributed by atoms with E-state index in [-0.39, 0.29) is 0 Å². The third-order valence-electron chi connectivity index (χ3n) is 3.49. The number of benzene rings is 2. The molecule has 1 heterocycles. The Morgan fingerprint density at radius 3 is 2.32 bits per heavy atom. The van der Waals surface area contributed by atoms with E-state index in [0.29, 0.717) is 11.4 Å². The van der Waals surface area contributed by atoms with Crippen molar-refractivity contribution in [3.8, 4) is 0 Å². The van der Waals surface area contributed by atoms with Gasteiger partial charge in [0.15, 0.2) is 5.92 Å². The molecule has 0 unspecified atom stereocenters. The van der Waals surface area contributed by atoms with Crippen molar-refractivity contribution >= 4 is 74.0 Å². The van der Waals surface area contributed by atoms with Gasteiger partial charge in [0.05, 0.1) is 11.4 Å². The van der Waals surface area contributed by atoms with E-state index in [9.17, 15) is 14.4 Å². The second kappa shape index (κ2) is 7.44. The molecular weight excluding hydrogens is 501 g/mol. The average Bonchev–Trinajstić information content (AvgIpc) is 2.57. The SMILES string of the molecule is O=C1NC(=O)N(c2ccc(Br)cc2)C(=O)[C@H]1C=Nc1ccc(I)cc1. The van der Waals surface area contributed by atoms with Gasteiger partial charge in [-0.25, -0.2) is 9.69 Å². The number of carbonyl (C=O) groups is 3. The Morgan fingerprint density at radius 1 is 1.04 bits per heavy atom. The van der Waals surface area contributed by atoms with E-state index < -0.39 is 23.8 Å². The molecule has 6 nitrogen and oxygen atoms in total. The molecule has 25 heavy (non-hydrogen) atoms. The van der Waals surface area contributed by atoms with Gasteiger partial charge in [0.25, 0.3) is 5.91 Å². The highest BCUT2D eigenvalue weighted by Gasteiger charge is 2.40. The maximum atomic E-state index is 12.6. The van der Waals surface area contributed by atoms with Gasteiger partial charge in [0.2, 0.25) is 5.91 Å². The Bertz CT molecular complexity index is 866. The summed E-state index contributed by atoms with van der Waals surface area (Å²) in [5, 5.41) is 2.19. The van der Waals surface area contributed by atoms with Crippen molar-refractivity contribution in [2.24, 2.45) is 10.9 Å². The normalized spacial score (nSPS) is 17.9. The molecule has 126 valence electrons. The fourth-order valence-corrected chi connectivity index (χ4v) is 2.87. The zero-order valence-electron chi connectivity index (χ0n) is 12.6. The Hall–Kier alpha value is -2.07. The van der Waals surface area contributed by atoms with E-state index >= 15 is 0 Å². The highest BCUT2D eigenvalue weighted by Crippen LogP contribution is 2.23. The molecule has 0 aliphatic carbocycles. The van der Waals surface area contributed by atoms with Crippen LogP contribution in [-0.2, 0) is 9.59 Å². The summed E-state index contributed by atoms with van der Waals surface area (Å²) in [4.78, 5) is 41.9. The Morgan fingerprint density at radius 2 is 1.68 bits per heavy atom. The molecule has 8 heteroatoms. The fraction of sp³-hybridized carbons (Fsp3) is 0.0588. The van der Waals surface area contributed by atoms with Crippen molar-refractivity contribution < 1.29 is 14.4 Å². The van der Waals surface area contributed by atoms with Crippen LogP contribution >= 0.6 is 38.5 Å². The molecule has 1 atom stereocenters. The molecule has 2 aromatic carbocycles. The molecule has 1 fully saturated rings. The molecule has 2 aromatic rings. The van der Waals surface area contributed by atoms with Crippen molar-refractivity contribution in [1.29, 1.82) is 0 Å². The van der Waals surface area contributed by atoms with Crippen molar-refractivity contribution in [2.75, 3.05) is 4.90 Å². The van der Waals surface area contributed by atoms with Gasteiger partial charge in [-0.3, -0.25) is 19.9 Å². The summed E-state index contributed by atoms with van der Waals surface area (Å²) >= 11 is 5.47. The fourth-order valence-electron chi connectivity index (χ4n) is 2.24. The van der Waals surface area contributed by atoms with Gasteiger partial charge < -0.3 is 0 Å². The Balaban J connectivity index is 1.87. The van der Waals surface area contributed by atoms with E-state index in [1.165, 1.54) is 6.21 Å². The number of barbiturate groups is 1. The zero-order chi connectivity index (χ0) is 18.0. The molecule has 1 saturated heterocycles. The van der Waals surface area contributed by atoms with Crippen molar-refractivity contribution in [1.82, 2.24) is 5.32 Å². The van der Waals surface area contributed by atoms with Crippen molar-refractivity contribution in [2.45, 2.75) is 0 Å². The highest BCUT2D eigenvalue weighted by molar-refractivity contribution is 14.1. The van der Waals surface area contributed by atoms with Crippen LogP contribution in [0.2, 0.25) is 0 Å². The number of hydrogen-bond acceptors (Lipinski definition) is 4. The van der Waals surface area contributed by atoms with Gasteiger partial charge in [-0.2, -0.15) is 0 Å². The number of urea groups is 1. The number of aliphatic imine (C=N–C) groups is 1. The average molecular weight is 512 g/mol. The monoisotopic (exact) mass is 511 g/mol. The van der Waals surface area contributed by atoms with E-state index in [1.54, 1.807) is 36.4 Å². The summed E-state index contributed by atoms with van der Waals surface area (Å²) in [6.07, 6.45) is 1.26. The first-order valence-electron chi connectivity index (χ1n) is 7.20. The zero-order valence-corrected chi connectivity index (χ0v) is 16.4. The second-order valence-electron chi connectivity index (χ2n) is 5.18. The third-order valence-corrected chi connectivity index (χ3v) is 4.73. The summed E-state index contributed by atoms with van der Waals surface area (Å²) in [5.41, 5.74) is 0.999. The van der Waals surface area contributed by atoms with E-state index in [1.807, 2.05) is 12.1 Å². The van der Waals surface area contributed by atoms with Crippen LogP contribution in [0, 0.1) is 9.49 Å². The lowest BCUT2D eigenvalue weighted by atomic mass is 10.1. The third kappa shape index (κ3) is 3.96.